The maximum Gasteiger partial charge on any atom is 0.246 e. The minimum atomic E-state index is -3.55. The molecule has 0 saturated carbocycles. The topological polar surface area (TPSA) is 75.4 Å². The van der Waals surface area contributed by atoms with E-state index in [0.29, 0.717) is 24.4 Å². The summed E-state index contributed by atoms with van der Waals surface area (Å²) in [5, 5.41) is 13.1. The fourth-order valence-corrected chi connectivity index (χ4v) is 3.43. The van der Waals surface area contributed by atoms with E-state index in [4.69, 9.17) is 5.11 Å². The molecule has 1 N–H and O–H groups in total. The Hall–Kier alpha value is -1.18. The van der Waals surface area contributed by atoms with Crippen LogP contribution in [0.2, 0.25) is 0 Å². The number of rotatable bonds is 7. The lowest BCUT2D eigenvalue weighted by molar-refractivity contribution is 0.276. The second-order valence-corrected chi connectivity index (χ2v) is 6.36. The summed E-state index contributed by atoms with van der Waals surface area (Å²) in [6.45, 7) is 7.76. The Balaban J connectivity index is 3.20. The van der Waals surface area contributed by atoms with E-state index >= 15 is 0 Å². The average Bonchev–Trinajstić information content (AvgIpc) is 2.62. The van der Waals surface area contributed by atoms with Gasteiger partial charge >= 0.3 is 0 Å². The summed E-state index contributed by atoms with van der Waals surface area (Å²) in [7, 11) is -2.04. The van der Waals surface area contributed by atoms with Crippen LogP contribution in [-0.4, -0.2) is 47.8 Å². The van der Waals surface area contributed by atoms with E-state index < -0.39 is 10.0 Å². The van der Waals surface area contributed by atoms with Crippen molar-refractivity contribution in [2.24, 2.45) is 0 Å². The second kappa shape index (κ2) is 6.31. The zero-order valence-electron chi connectivity index (χ0n) is 11.6. The van der Waals surface area contributed by atoms with E-state index in [1.165, 1.54) is 11.4 Å². The number of nitrogens with zero attached hydrogens (tertiary/aromatic N) is 3. The number of aliphatic hydroxyl groups excluding tert-OH is 1. The van der Waals surface area contributed by atoms with Crippen molar-refractivity contribution in [2.75, 3.05) is 20.2 Å². The third-order valence-electron chi connectivity index (χ3n) is 2.90. The molecule has 108 valence electrons. The molecule has 0 fully saturated rings. The number of aromatic nitrogens is 2. The van der Waals surface area contributed by atoms with Gasteiger partial charge in [0.1, 0.15) is 4.90 Å². The van der Waals surface area contributed by atoms with E-state index in [0.717, 1.165) is 0 Å². The molecule has 1 aromatic rings. The summed E-state index contributed by atoms with van der Waals surface area (Å²) < 4.78 is 27.7. The maximum atomic E-state index is 12.4. The van der Waals surface area contributed by atoms with Crippen molar-refractivity contribution in [3.63, 3.8) is 0 Å². The highest BCUT2D eigenvalue weighted by Crippen LogP contribution is 2.22. The molecule has 1 heterocycles. The van der Waals surface area contributed by atoms with E-state index in [1.54, 1.807) is 24.6 Å². The highest BCUT2D eigenvalue weighted by molar-refractivity contribution is 7.89. The predicted molar refractivity (Wildman–Crippen MR) is 73.4 cm³/mol. The van der Waals surface area contributed by atoms with Gasteiger partial charge in [0, 0.05) is 26.7 Å². The van der Waals surface area contributed by atoms with Crippen LogP contribution in [0.25, 0.3) is 0 Å². The van der Waals surface area contributed by atoms with Crippen LogP contribution in [0, 0.1) is 13.8 Å². The number of hydrogen-bond donors (Lipinski definition) is 1. The van der Waals surface area contributed by atoms with E-state index in [9.17, 15) is 8.42 Å². The first-order valence-corrected chi connectivity index (χ1v) is 7.52. The van der Waals surface area contributed by atoms with Crippen molar-refractivity contribution >= 4 is 10.0 Å². The molecule has 0 atom stereocenters. The standard InChI is InChI=1S/C12H21N3O3S/c1-5-7-14(4)19(17,18)12-10(2)13-15(11(12)3)8-6-9-16/h5,16H,1,6-9H2,2-4H3. The van der Waals surface area contributed by atoms with E-state index in [1.807, 2.05) is 0 Å². The number of aryl methyl sites for hydroxylation is 2. The Morgan fingerprint density at radius 3 is 2.63 bits per heavy atom. The number of aliphatic hydroxyl groups is 1. The van der Waals surface area contributed by atoms with Crippen LogP contribution in [0.3, 0.4) is 0 Å². The molecule has 0 aliphatic heterocycles. The van der Waals surface area contributed by atoms with E-state index in [2.05, 4.69) is 11.7 Å². The molecule has 0 aromatic carbocycles. The zero-order valence-corrected chi connectivity index (χ0v) is 12.4. The molecule has 0 amide bonds. The summed E-state index contributed by atoms with van der Waals surface area (Å²) in [6.07, 6.45) is 2.09. The molecule has 7 heteroatoms. The van der Waals surface area contributed by atoms with Crippen molar-refractivity contribution in [1.82, 2.24) is 14.1 Å². The highest BCUT2D eigenvalue weighted by Gasteiger charge is 2.27. The Bertz CT molecular complexity index is 549. The van der Waals surface area contributed by atoms with Gasteiger partial charge in [0.2, 0.25) is 10.0 Å². The molecule has 19 heavy (non-hydrogen) atoms. The van der Waals surface area contributed by atoms with Gasteiger partial charge in [-0.25, -0.2) is 8.42 Å². The van der Waals surface area contributed by atoms with Gasteiger partial charge < -0.3 is 5.11 Å². The van der Waals surface area contributed by atoms with Gasteiger partial charge in [-0.2, -0.15) is 9.40 Å². The molecule has 0 bridgehead atoms. The minimum Gasteiger partial charge on any atom is -0.396 e. The first-order valence-electron chi connectivity index (χ1n) is 6.08. The summed E-state index contributed by atoms with van der Waals surface area (Å²) in [4.78, 5) is 0.245. The molecule has 0 unspecified atom stereocenters. The van der Waals surface area contributed by atoms with Crippen LogP contribution < -0.4 is 0 Å². The molecule has 0 spiro atoms. The van der Waals surface area contributed by atoms with Crippen molar-refractivity contribution < 1.29 is 13.5 Å². The molecular weight excluding hydrogens is 266 g/mol. The normalized spacial score (nSPS) is 12.1. The first kappa shape index (κ1) is 15.9. The third-order valence-corrected chi connectivity index (χ3v) is 4.97. The van der Waals surface area contributed by atoms with Gasteiger partial charge in [-0.1, -0.05) is 6.08 Å². The quantitative estimate of drug-likeness (QED) is 0.749. The monoisotopic (exact) mass is 287 g/mol. The Morgan fingerprint density at radius 2 is 2.11 bits per heavy atom. The van der Waals surface area contributed by atoms with Crippen molar-refractivity contribution in [2.45, 2.75) is 31.7 Å². The maximum absolute atomic E-state index is 12.4. The van der Waals surface area contributed by atoms with Crippen LogP contribution in [0.1, 0.15) is 17.8 Å². The summed E-state index contributed by atoms with van der Waals surface area (Å²) in [5.74, 6) is 0. The van der Waals surface area contributed by atoms with Crippen LogP contribution >= 0.6 is 0 Å². The lowest BCUT2D eigenvalue weighted by Crippen LogP contribution is -2.28. The van der Waals surface area contributed by atoms with Crippen LogP contribution in [-0.2, 0) is 16.6 Å². The van der Waals surface area contributed by atoms with Crippen LogP contribution in [0.15, 0.2) is 17.6 Å². The zero-order chi connectivity index (χ0) is 14.6. The largest absolute Gasteiger partial charge is 0.396 e. The smallest absolute Gasteiger partial charge is 0.246 e. The molecule has 0 saturated heterocycles. The molecular formula is C12H21N3O3S. The van der Waals surface area contributed by atoms with Gasteiger partial charge in [-0.15, -0.1) is 6.58 Å². The molecule has 0 aliphatic carbocycles. The van der Waals surface area contributed by atoms with Gasteiger partial charge in [0.15, 0.2) is 0 Å². The lowest BCUT2D eigenvalue weighted by atomic mass is 10.4. The predicted octanol–water partition coefficient (Wildman–Crippen LogP) is 0.689. The number of likely N-dealkylation sites (N-methyl/N-ethyl adjacent to an activating group) is 1. The SMILES string of the molecule is C=CCN(C)S(=O)(=O)c1c(C)nn(CCCO)c1C. The van der Waals surface area contributed by atoms with E-state index in [-0.39, 0.29) is 18.0 Å². The van der Waals surface area contributed by atoms with Crippen molar-refractivity contribution in [3.8, 4) is 0 Å². The minimum absolute atomic E-state index is 0.0524. The van der Waals surface area contributed by atoms with Crippen molar-refractivity contribution in [1.29, 1.82) is 0 Å². The molecule has 1 aromatic heterocycles. The highest BCUT2D eigenvalue weighted by atomic mass is 32.2. The summed E-state index contributed by atoms with van der Waals surface area (Å²) in [6, 6.07) is 0. The fraction of sp³-hybridized carbons (Fsp3) is 0.583. The molecule has 0 aliphatic rings. The Labute approximate surface area is 114 Å². The van der Waals surface area contributed by atoms with Gasteiger partial charge in [0.25, 0.3) is 0 Å². The van der Waals surface area contributed by atoms with Gasteiger partial charge in [-0.05, 0) is 20.3 Å². The van der Waals surface area contributed by atoms with Crippen LogP contribution in [0.5, 0.6) is 0 Å². The average molecular weight is 287 g/mol. The second-order valence-electron chi connectivity index (χ2n) is 4.37. The number of hydrogen-bond acceptors (Lipinski definition) is 4. The summed E-state index contributed by atoms with van der Waals surface area (Å²) in [5.41, 5.74) is 1.08. The van der Waals surface area contributed by atoms with Crippen molar-refractivity contribution in [3.05, 3.63) is 24.0 Å². The van der Waals surface area contributed by atoms with Gasteiger partial charge in [-0.3, -0.25) is 4.68 Å². The molecule has 6 nitrogen and oxygen atoms in total. The fourth-order valence-electron chi connectivity index (χ4n) is 1.93. The molecule has 0 radical (unpaired) electrons. The first-order chi connectivity index (χ1) is 8.86. The van der Waals surface area contributed by atoms with Crippen LogP contribution in [0.4, 0.5) is 0 Å². The Morgan fingerprint density at radius 1 is 1.47 bits per heavy atom. The lowest BCUT2D eigenvalue weighted by Gasteiger charge is -2.15. The number of sulfonamides is 1. The Kier molecular flexibility index (Phi) is 5.28. The molecule has 1 rings (SSSR count). The summed E-state index contributed by atoms with van der Waals surface area (Å²) >= 11 is 0. The van der Waals surface area contributed by atoms with Gasteiger partial charge in [0.05, 0.1) is 11.4 Å². The third kappa shape index (κ3) is 3.23.